The summed E-state index contributed by atoms with van der Waals surface area (Å²) >= 11 is -2.65. The van der Waals surface area contributed by atoms with Crippen molar-refractivity contribution in [1.82, 2.24) is 0 Å². The molecule has 0 atom stereocenters. The zero-order valence-electron chi connectivity index (χ0n) is 4.32. The Morgan fingerprint density at radius 3 is 1.43 bits per heavy atom. The van der Waals surface area contributed by atoms with Crippen LogP contribution >= 0.6 is 20.1 Å². The molecule has 0 aliphatic carbocycles. The molecule has 0 saturated carbocycles. The monoisotopic (exact) mass is 170 g/mol. The second-order valence-corrected chi connectivity index (χ2v) is 8.17. The van der Waals surface area contributed by atoms with Crippen LogP contribution in [-0.2, 0) is 2.84 Å². The Morgan fingerprint density at radius 2 is 1.43 bits per heavy atom. The molecule has 7 heavy (non-hydrogen) atoms. The van der Waals surface area contributed by atoms with Crippen LogP contribution in [0.3, 0.4) is 0 Å². The zero-order chi connectivity index (χ0) is 5.86. The lowest BCUT2D eigenvalue weighted by Gasteiger charge is -1.98. The van der Waals surface area contributed by atoms with Crippen LogP contribution in [0.4, 0.5) is 0 Å². The Balaban J connectivity index is 2.95. The normalized spacial score (nSPS) is 8.57. The average Bonchev–Trinajstić information content (AvgIpc) is 1.27. The van der Waals surface area contributed by atoms with E-state index in [4.69, 9.17) is 22.9 Å². The fourth-order valence-corrected chi connectivity index (χ4v) is 5.58. The first-order chi connectivity index (χ1) is 3.13. The molecule has 40 valence electrons. The van der Waals surface area contributed by atoms with Gasteiger partial charge in [0.25, 0.3) is 0 Å². The van der Waals surface area contributed by atoms with Gasteiger partial charge >= 0.3 is 27.1 Å². The fraction of sp³-hybridized carbons (Fsp3) is 1.00. The van der Waals surface area contributed by atoms with Gasteiger partial charge in [-0.3, -0.25) is 0 Å². The number of hydrogen-bond donors (Lipinski definition) is 0. The Kier molecular flexibility index (Phi) is 5.51. The Morgan fingerprint density at radius 1 is 1.14 bits per heavy atom. The first-order valence-electron chi connectivity index (χ1n) is 2.06. The van der Waals surface area contributed by atoms with Crippen LogP contribution in [-0.4, -0.2) is 27.1 Å². The zero-order valence-corrected chi connectivity index (χ0v) is 8.14. The van der Waals surface area contributed by atoms with E-state index in [0.717, 1.165) is 0 Å². The lowest BCUT2D eigenvalue weighted by Crippen LogP contribution is -2.13. The molecule has 0 aromatic carbocycles. The molecule has 0 heterocycles. The summed E-state index contributed by atoms with van der Waals surface area (Å²) in [5.74, 6) is 3.79. The quantitative estimate of drug-likeness (QED) is 0.574. The third-order valence-electron chi connectivity index (χ3n) is 0.375. The van der Waals surface area contributed by atoms with Crippen LogP contribution in [0.1, 0.15) is 0 Å². The van der Waals surface area contributed by atoms with Crippen LogP contribution in [0.5, 0.6) is 0 Å². The molecule has 0 aliphatic heterocycles. The topological polar surface area (TPSA) is 9.23 Å². The van der Waals surface area contributed by atoms with E-state index in [1.54, 1.807) is 0 Å². The molecule has 0 aliphatic rings. The second kappa shape index (κ2) is 4.48. The highest BCUT2D eigenvalue weighted by atomic mass is 35.6. The van der Waals surface area contributed by atoms with Crippen LogP contribution < -0.4 is 0 Å². The predicted octanol–water partition coefficient (Wildman–Crippen LogP) is 1.72. The summed E-state index contributed by atoms with van der Waals surface area (Å²) < 4.78 is 5.06. The minimum absolute atomic E-state index is 1.33. The van der Waals surface area contributed by atoms with Gasteiger partial charge in [-0.2, -0.15) is 0 Å². The van der Waals surface area contributed by atoms with Crippen molar-refractivity contribution in [3.05, 3.63) is 0 Å². The summed E-state index contributed by atoms with van der Waals surface area (Å²) in [5.41, 5.74) is 0. The molecule has 0 spiro atoms. The van der Waals surface area contributed by atoms with E-state index in [1.165, 1.54) is 0 Å². The third-order valence-corrected chi connectivity index (χ3v) is 5.23. The molecule has 1 nitrogen and oxygen atoms in total. The number of halogens is 2. The Bertz CT molecular complexity index is 43.0. The van der Waals surface area contributed by atoms with Gasteiger partial charge in [-0.1, -0.05) is 11.6 Å². The van der Waals surface area contributed by atoms with Gasteiger partial charge in [0.15, 0.2) is 0 Å². The smallest absolute Gasteiger partial charge is 0.558 e. The van der Waals surface area contributed by atoms with Crippen molar-refractivity contribution in [3.63, 3.8) is 0 Å². The van der Waals surface area contributed by atoms with Crippen LogP contribution in [0.25, 0.3) is 0 Å². The van der Waals surface area contributed by atoms with E-state index < -0.39 is 27.1 Å². The highest BCUT2D eigenvalue weighted by Crippen LogP contribution is 1.97. The second-order valence-electron chi connectivity index (χ2n) is 1.22. The van der Waals surface area contributed by atoms with Crippen molar-refractivity contribution in [3.8, 4) is 0 Å². The first-order valence-corrected chi connectivity index (χ1v) is 8.81. The molecule has 0 aromatic heterocycles. The predicted molar refractivity (Wildman–Crippen MR) is 36.0 cm³/mol. The molecule has 0 saturated heterocycles. The number of hydrogen-bond acceptors (Lipinski definition) is 1. The largest absolute Gasteiger partial charge is 0.613 e. The van der Waals surface area contributed by atoms with Crippen molar-refractivity contribution in [1.29, 1.82) is 0 Å². The number of rotatable bonds is 2. The van der Waals surface area contributed by atoms with Crippen LogP contribution in [0.15, 0.2) is 0 Å². The highest BCUT2D eigenvalue weighted by molar-refractivity contribution is 7.11. The Labute approximate surface area is 61.4 Å². The summed E-state index contributed by atoms with van der Waals surface area (Å²) in [6.07, 6.45) is 0. The van der Waals surface area contributed by atoms with E-state index in [2.05, 4.69) is 0 Å². The first kappa shape index (κ1) is 8.60. The SMILES string of the molecule is [CH3][Al]([Cl])[O][Al]([CH3])[Cl]. The molecule has 0 radical (unpaired) electrons. The summed E-state index contributed by atoms with van der Waals surface area (Å²) in [5, 5.41) is 0. The molecule has 0 N–H and O–H groups in total. The molecular formula is C2H6Al2Cl2O. The van der Waals surface area contributed by atoms with Gasteiger partial charge in [-0.15, -0.1) is 0 Å². The van der Waals surface area contributed by atoms with E-state index in [0.29, 0.717) is 0 Å². The molecule has 0 unspecified atom stereocenters. The van der Waals surface area contributed by atoms with E-state index in [-0.39, 0.29) is 0 Å². The van der Waals surface area contributed by atoms with Crippen LogP contribution in [0.2, 0.25) is 11.6 Å². The molecule has 0 amide bonds. The van der Waals surface area contributed by atoms with Gasteiger partial charge in [-0.25, -0.2) is 20.1 Å². The fourth-order valence-electron chi connectivity index (χ4n) is 0.258. The van der Waals surface area contributed by atoms with E-state index >= 15 is 0 Å². The third kappa shape index (κ3) is 7.60. The molecule has 0 rings (SSSR count). The molecule has 0 bridgehead atoms. The van der Waals surface area contributed by atoms with Gasteiger partial charge in [0.2, 0.25) is 0 Å². The van der Waals surface area contributed by atoms with Crippen molar-refractivity contribution in [2.45, 2.75) is 11.6 Å². The van der Waals surface area contributed by atoms with Gasteiger partial charge in [0, 0.05) is 0 Å². The molecule has 0 aromatic rings. The van der Waals surface area contributed by atoms with Crippen molar-refractivity contribution < 1.29 is 2.84 Å². The highest BCUT2D eigenvalue weighted by Gasteiger charge is 2.16. The van der Waals surface area contributed by atoms with E-state index in [1.807, 2.05) is 11.6 Å². The molecule has 0 fully saturated rings. The van der Waals surface area contributed by atoms with Gasteiger partial charge < -0.3 is 2.84 Å². The van der Waals surface area contributed by atoms with Crippen molar-refractivity contribution in [2.75, 3.05) is 0 Å². The summed E-state index contributed by atoms with van der Waals surface area (Å²) in [6.45, 7) is 0. The lowest BCUT2D eigenvalue weighted by molar-refractivity contribution is 0.635. The Hall–Kier alpha value is 1.60. The minimum atomic E-state index is -1.33. The summed E-state index contributed by atoms with van der Waals surface area (Å²) in [6, 6.07) is 0. The molecular weight excluding hydrogens is 165 g/mol. The maximum atomic E-state index is 5.54. The van der Waals surface area contributed by atoms with Crippen molar-refractivity contribution in [2.24, 2.45) is 0 Å². The standard InChI is InChI=1S/2CH3.2Al.2ClH.O/h2*1H3;;;2*1H;/q;;2*+1;;;/p-2. The van der Waals surface area contributed by atoms with Crippen molar-refractivity contribution >= 4 is 47.2 Å². The van der Waals surface area contributed by atoms with Gasteiger partial charge in [0.1, 0.15) is 0 Å². The average molecular weight is 171 g/mol. The molecule has 5 heteroatoms. The minimum Gasteiger partial charge on any atom is -0.613 e. The van der Waals surface area contributed by atoms with Gasteiger partial charge in [-0.05, 0) is 0 Å². The summed E-state index contributed by atoms with van der Waals surface area (Å²) in [7, 11) is 11.1. The van der Waals surface area contributed by atoms with E-state index in [9.17, 15) is 0 Å². The maximum absolute atomic E-state index is 5.54. The summed E-state index contributed by atoms with van der Waals surface area (Å²) in [4.78, 5) is 0. The maximum Gasteiger partial charge on any atom is 0.558 e. The van der Waals surface area contributed by atoms with Crippen LogP contribution in [0, 0.1) is 0 Å². The van der Waals surface area contributed by atoms with Gasteiger partial charge in [0.05, 0.1) is 0 Å². The lowest BCUT2D eigenvalue weighted by atomic mass is 11.9.